The molecule has 0 aromatic rings. The molecule has 1 aliphatic carbocycles. The molecule has 2 heteroatoms. The number of hydrogen-bond acceptors (Lipinski definition) is 2. The van der Waals surface area contributed by atoms with Crippen molar-refractivity contribution in [2.75, 3.05) is 0 Å². The smallest absolute Gasteiger partial charge is 0.0555 e. The number of nitrogens with two attached hydrogens (primary N) is 1. The lowest BCUT2D eigenvalue weighted by Gasteiger charge is -2.29. The largest absolute Gasteiger partial charge is 0.393 e. The van der Waals surface area contributed by atoms with E-state index in [4.69, 9.17) is 5.73 Å². The Morgan fingerprint density at radius 3 is 2.31 bits per heavy atom. The summed E-state index contributed by atoms with van der Waals surface area (Å²) in [5.74, 6) is 1.35. The van der Waals surface area contributed by atoms with Gasteiger partial charge in [0, 0.05) is 6.04 Å². The molecule has 1 rings (SSSR count). The molecule has 0 radical (unpaired) electrons. The second-order valence-electron chi connectivity index (χ2n) is 5.92. The van der Waals surface area contributed by atoms with E-state index in [2.05, 4.69) is 13.8 Å². The Balaban J connectivity index is 2.18. The van der Waals surface area contributed by atoms with Gasteiger partial charge in [-0.05, 0) is 43.9 Å². The van der Waals surface area contributed by atoms with Crippen LogP contribution in [0.1, 0.15) is 65.2 Å². The van der Waals surface area contributed by atoms with Crippen LogP contribution in [0, 0.1) is 11.8 Å². The van der Waals surface area contributed by atoms with E-state index in [0.29, 0.717) is 11.8 Å². The molecule has 1 aliphatic rings. The fourth-order valence-corrected chi connectivity index (χ4v) is 2.71. The highest BCUT2D eigenvalue weighted by atomic mass is 16.3. The van der Waals surface area contributed by atoms with Crippen LogP contribution in [0.25, 0.3) is 0 Å². The van der Waals surface area contributed by atoms with Crippen LogP contribution in [0.4, 0.5) is 0 Å². The average Bonchev–Trinajstić information content (AvgIpc) is 2.27. The lowest BCUT2D eigenvalue weighted by molar-refractivity contribution is 0.123. The summed E-state index contributed by atoms with van der Waals surface area (Å²) in [6.45, 7) is 4.40. The predicted octanol–water partition coefficient (Wildman–Crippen LogP) is 3.08. The van der Waals surface area contributed by atoms with Gasteiger partial charge in [0.15, 0.2) is 0 Å². The Bertz CT molecular complexity index is 176. The van der Waals surface area contributed by atoms with Crippen molar-refractivity contribution in [2.24, 2.45) is 17.6 Å². The number of aliphatic hydroxyl groups is 1. The van der Waals surface area contributed by atoms with Crippen molar-refractivity contribution in [1.82, 2.24) is 0 Å². The lowest BCUT2D eigenvalue weighted by Crippen LogP contribution is -2.35. The Hall–Kier alpha value is -0.0800. The van der Waals surface area contributed by atoms with Crippen LogP contribution in [0.15, 0.2) is 0 Å². The molecule has 2 atom stereocenters. The van der Waals surface area contributed by atoms with Crippen LogP contribution in [0.2, 0.25) is 0 Å². The van der Waals surface area contributed by atoms with Gasteiger partial charge in [0.2, 0.25) is 0 Å². The van der Waals surface area contributed by atoms with Crippen LogP contribution < -0.4 is 5.73 Å². The van der Waals surface area contributed by atoms with Gasteiger partial charge in [-0.1, -0.05) is 33.1 Å². The fraction of sp³-hybridized carbons (Fsp3) is 1.00. The summed E-state index contributed by atoms with van der Waals surface area (Å²) < 4.78 is 0. The Morgan fingerprint density at radius 2 is 1.75 bits per heavy atom. The molecular formula is C14H29NO. The van der Waals surface area contributed by atoms with Crippen molar-refractivity contribution in [3.8, 4) is 0 Å². The summed E-state index contributed by atoms with van der Waals surface area (Å²) in [4.78, 5) is 0. The lowest BCUT2D eigenvalue weighted by atomic mass is 9.82. The van der Waals surface area contributed by atoms with Gasteiger partial charge in [0.25, 0.3) is 0 Å². The van der Waals surface area contributed by atoms with Gasteiger partial charge in [-0.2, -0.15) is 0 Å². The average molecular weight is 227 g/mol. The second-order valence-corrected chi connectivity index (χ2v) is 5.92. The highest BCUT2D eigenvalue weighted by molar-refractivity contribution is 4.78. The molecule has 0 bridgehead atoms. The predicted molar refractivity (Wildman–Crippen MR) is 69.2 cm³/mol. The maximum atomic E-state index is 9.92. The molecule has 1 saturated carbocycles. The molecule has 0 spiro atoms. The van der Waals surface area contributed by atoms with Gasteiger partial charge >= 0.3 is 0 Å². The monoisotopic (exact) mass is 227 g/mol. The van der Waals surface area contributed by atoms with Crippen LogP contribution in [0.3, 0.4) is 0 Å². The minimum absolute atomic E-state index is 0.181. The van der Waals surface area contributed by atoms with E-state index in [-0.39, 0.29) is 12.1 Å². The second kappa shape index (κ2) is 7.29. The molecular weight excluding hydrogens is 198 g/mol. The van der Waals surface area contributed by atoms with Gasteiger partial charge < -0.3 is 10.8 Å². The van der Waals surface area contributed by atoms with Crippen molar-refractivity contribution in [2.45, 2.75) is 77.4 Å². The number of hydrogen-bond donors (Lipinski definition) is 2. The third-order valence-corrected chi connectivity index (χ3v) is 3.88. The highest BCUT2D eigenvalue weighted by Crippen LogP contribution is 2.27. The standard InChI is InChI=1S/C14H29NO/c1-11(2)8-9-13(16)10-14(15)12-6-4-3-5-7-12/h11-14,16H,3-10,15H2,1-2H3. The van der Waals surface area contributed by atoms with E-state index in [1.54, 1.807) is 0 Å². The summed E-state index contributed by atoms with van der Waals surface area (Å²) in [7, 11) is 0. The summed E-state index contributed by atoms with van der Waals surface area (Å²) in [5.41, 5.74) is 6.20. The molecule has 2 nitrogen and oxygen atoms in total. The van der Waals surface area contributed by atoms with Gasteiger partial charge in [0.1, 0.15) is 0 Å². The zero-order chi connectivity index (χ0) is 12.0. The molecule has 0 saturated heterocycles. The minimum atomic E-state index is -0.181. The normalized spacial score (nSPS) is 22.3. The van der Waals surface area contributed by atoms with E-state index >= 15 is 0 Å². The molecule has 0 aromatic carbocycles. The van der Waals surface area contributed by atoms with Crippen LogP contribution in [-0.2, 0) is 0 Å². The minimum Gasteiger partial charge on any atom is -0.393 e. The SMILES string of the molecule is CC(C)CCC(O)CC(N)C1CCCCC1. The Morgan fingerprint density at radius 1 is 1.12 bits per heavy atom. The fourth-order valence-electron chi connectivity index (χ4n) is 2.71. The summed E-state index contributed by atoms with van der Waals surface area (Å²) in [6.07, 6.45) is 9.24. The van der Waals surface area contributed by atoms with Crippen LogP contribution in [0.5, 0.6) is 0 Å². The molecule has 2 unspecified atom stereocenters. The summed E-state index contributed by atoms with van der Waals surface area (Å²) >= 11 is 0. The highest BCUT2D eigenvalue weighted by Gasteiger charge is 2.22. The first-order chi connectivity index (χ1) is 7.59. The van der Waals surface area contributed by atoms with Gasteiger partial charge in [-0.3, -0.25) is 0 Å². The van der Waals surface area contributed by atoms with E-state index < -0.39 is 0 Å². The Labute approximate surface area is 101 Å². The van der Waals surface area contributed by atoms with Crippen molar-refractivity contribution < 1.29 is 5.11 Å². The van der Waals surface area contributed by atoms with Gasteiger partial charge in [0.05, 0.1) is 6.10 Å². The van der Waals surface area contributed by atoms with Crippen molar-refractivity contribution in [3.05, 3.63) is 0 Å². The number of aliphatic hydroxyl groups excluding tert-OH is 1. The van der Waals surface area contributed by atoms with Crippen molar-refractivity contribution in [1.29, 1.82) is 0 Å². The zero-order valence-electron chi connectivity index (χ0n) is 11.0. The summed E-state index contributed by atoms with van der Waals surface area (Å²) in [5, 5.41) is 9.92. The quantitative estimate of drug-likeness (QED) is 0.732. The summed E-state index contributed by atoms with van der Waals surface area (Å²) in [6, 6.07) is 0.225. The van der Waals surface area contributed by atoms with Gasteiger partial charge in [-0.25, -0.2) is 0 Å². The first-order valence-corrected chi connectivity index (χ1v) is 7.03. The maximum Gasteiger partial charge on any atom is 0.0555 e. The van der Waals surface area contributed by atoms with Crippen molar-refractivity contribution in [3.63, 3.8) is 0 Å². The molecule has 0 aromatic heterocycles. The zero-order valence-corrected chi connectivity index (χ0v) is 11.0. The molecule has 3 N–H and O–H groups in total. The third kappa shape index (κ3) is 5.31. The molecule has 16 heavy (non-hydrogen) atoms. The third-order valence-electron chi connectivity index (χ3n) is 3.88. The Kier molecular flexibility index (Phi) is 6.37. The first kappa shape index (κ1) is 14.0. The van der Waals surface area contributed by atoms with Crippen LogP contribution >= 0.6 is 0 Å². The molecule has 0 heterocycles. The number of rotatable bonds is 6. The first-order valence-electron chi connectivity index (χ1n) is 7.03. The molecule has 0 aliphatic heterocycles. The molecule has 0 amide bonds. The van der Waals surface area contributed by atoms with Crippen LogP contribution in [-0.4, -0.2) is 17.3 Å². The topological polar surface area (TPSA) is 46.2 Å². The van der Waals surface area contributed by atoms with E-state index in [1.165, 1.54) is 32.1 Å². The molecule has 96 valence electrons. The van der Waals surface area contributed by atoms with E-state index in [0.717, 1.165) is 19.3 Å². The molecule has 1 fully saturated rings. The van der Waals surface area contributed by atoms with Crippen molar-refractivity contribution >= 4 is 0 Å². The maximum absolute atomic E-state index is 9.92. The van der Waals surface area contributed by atoms with Gasteiger partial charge in [-0.15, -0.1) is 0 Å². The van der Waals surface area contributed by atoms with E-state index in [1.807, 2.05) is 0 Å². The van der Waals surface area contributed by atoms with E-state index in [9.17, 15) is 5.11 Å².